The summed E-state index contributed by atoms with van der Waals surface area (Å²) >= 11 is 0. The molecule has 0 radical (unpaired) electrons. The Morgan fingerprint density at radius 2 is 2.32 bits per heavy atom. The van der Waals surface area contributed by atoms with Crippen molar-refractivity contribution in [3.8, 4) is 0 Å². The molecule has 1 saturated carbocycles. The third kappa shape index (κ3) is 2.05. The smallest absolute Gasteiger partial charge is 0.406 e. The normalized spacial score (nSPS) is 16.3. The van der Waals surface area contributed by atoms with E-state index >= 15 is 0 Å². The number of halogens is 1. The number of alkyl carbamates (subject to hydrolysis) is 1. The Bertz CT molecular complexity index is 631. The fourth-order valence-electron chi connectivity index (χ4n) is 2.54. The van der Waals surface area contributed by atoms with Crippen LogP contribution in [0.1, 0.15) is 18.4 Å². The van der Waals surface area contributed by atoms with Crippen LogP contribution in [0.3, 0.4) is 0 Å². The lowest BCUT2D eigenvalue weighted by atomic mass is 9.95. The maximum Gasteiger partial charge on any atom is 0.406 e. The molecule has 0 bridgehead atoms. The van der Waals surface area contributed by atoms with E-state index < -0.39 is 6.09 Å². The van der Waals surface area contributed by atoms with E-state index in [4.69, 9.17) is 0 Å². The molecule has 0 spiro atoms. The number of carbonyl (C=O) groups excluding carboxylic acids is 1. The van der Waals surface area contributed by atoms with Gasteiger partial charge in [0.1, 0.15) is 5.82 Å². The molecule has 5 heteroatoms. The van der Waals surface area contributed by atoms with Gasteiger partial charge in [0.15, 0.2) is 0 Å². The third-order valence-corrected chi connectivity index (χ3v) is 3.83. The molecule has 1 aliphatic rings. The predicted octanol–water partition coefficient (Wildman–Crippen LogP) is 2.69. The number of hydrogen-bond donors (Lipinski definition) is 2. The van der Waals surface area contributed by atoms with Gasteiger partial charge in [-0.2, -0.15) is 0 Å². The number of carbonyl (C=O) groups is 1. The maximum atomic E-state index is 13.4. The molecule has 1 aromatic carbocycles. The van der Waals surface area contributed by atoms with Gasteiger partial charge in [-0.25, -0.2) is 9.18 Å². The summed E-state index contributed by atoms with van der Waals surface area (Å²) in [5.41, 5.74) is 1.90. The lowest BCUT2D eigenvalue weighted by Crippen LogP contribution is -2.31. The maximum absolute atomic E-state index is 13.4. The predicted molar refractivity (Wildman–Crippen MR) is 69.6 cm³/mol. The Morgan fingerprint density at radius 1 is 1.53 bits per heavy atom. The van der Waals surface area contributed by atoms with E-state index in [1.807, 2.05) is 6.20 Å². The van der Waals surface area contributed by atoms with Gasteiger partial charge in [0, 0.05) is 29.1 Å². The number of amides is 1. The highest BCUT2D eigenvalue weighted by atomic mass is 19.1. The monoisotopic (exact) mass is 262 g/mol. The van der Waals surface area contributed by atoms with Crippen LogP contribution in [0.25, 0.3) is 10.9 Å². The number of aromatic amines is 1. The minimum absolute atomic E-state index is 0.0831. The van der Waals surface area contributed by atoms with Crippen LogP contribution in [0.5, 0.6) is 0 Å². The molecule has 1 aromatic heterocycles. The topological polar surface area (TPSA) is 54.1 Å². The van der Waals surface area contributed by atoms with Gasteiger partial charge in [-0.05, 0) is 36.6 Å². The number of hydrogen-bond acceptors (Lipinski definition) is 2. The Kier molecular flexibility index (Phi) is 2.69. The van der Waals surface area contributed by atoms with Gasteiger partial charge in [-0.15, -0.1) is 0 Å². The van der Waals surface area contributed by atoms with Crippen molar-refractivity contribution in [2.24, 2.45) is 0 Å². The average Bonchev–Trinajstić information content (AvgIpc) is 3.09. The van der Waals surface area contributed by atoms with Gasteiger partial charge in [-0.1, -0.05) is 0 Å². The van der Waals surface area contributed by atoms with E-state index in [-0.39, 0.29) is 11.2 Å². The number of H-pyrrole nitrogens is 1. The van der Waals surface area contributed by atoms with Crippen molar-refractivity contribution < 1.29 is 13.9 Å². The molecular formula is C14H15FN2O2. The van der Waals surface area contributed by atoms with Crippen molar-refractivity contribution in [2.45, 2.75) is 18.3 Å². The van der Waals surface area contributed by atoms with Crippen LogP contribution in [-0.2, 0) is 10.2 Å². The van der Waals surface area contributed by atoms with Crippen molar-refractivity contribution >= 4 is 17.0 Å². The summed E-state index contributed by atoms with van der Waals surface area (Å²) in [6.07, 6.45) is 3.45. The van der Waals surface area contributed by atoms with Crippen molar-refractivity contribution in [3.63, 3.8) is 0 Å². The number of aromatic nitrogens is 1. The molecule has 0 atom stereocenters. The van der Waals surface area contributed by atoms with Gasteiger partial charge in [-0.3, -0.25) is 0 Å². The van der Waals surface area contributed by atoms with E-state index in [1.54, 1.807) is 12.1 Å². The Hall–Kier alpha value is -2.04. The van der Waals surface area contributed by atoms with Crippen molar-refractivity contribution in [3.05, 3.63) is 35.8 Å². The minimum atomic E-state index is -0.433. The summed E-state index contributed by atoms with van der Waals surface area (Å²) in [6, 6.07) is 4.71. The summed E-state index contributed by atoms with van der Waals surface area (Å²) < 4.78 is 17.9. The molecule has 3 rings (SSSR count). The zero-order chi connectivity index (χ0) is 13.5. The number of ether oxygens (including phenoxy) is 1. The molecule has 0 saturated heterocycles. The number of fused-ring (bicyclic) bond motifs is 1. The van der Waals surface area contributed by atoms with Crippen molar-refractivity contribution in [1.29, 1.82) is 0 Å². The van der Waals surface area contributed by atoms with Crippen LogP contribution in [0.2, 0.25) is 0 Å². The summed E-state index contributed by atoms with van der Waals surface area (Å²) in [5, 5.41) is 3.63. The molecule has 1 heterocycles. The minimum Gasteiger partial charge on any atom is -0.453 e. The first-order valence-electron chi connectivity index (χ1n) is 6.24. The molecule has 2 N–H and O–H groups in total. The second kappa shape index (κ2) is 4.26. The quantitative estimate of drug-likeness (QED) is 0.893. The number of nitrogens with one attached hydrogen (secondary N) is 2. The van der Waals surface area contributed by atoms with Crippen LogP contribution in [0.15, 0.2) is 24.4 Å². The zero-order valence-electron chi connectivity index (χ0n) is 10.6. The highest BCUT2D eigenvalue weighted by molar-refractivity contribution is 5.85. The molecule has 100 valence electrons. The standard InChI is InChI=1S/C14H15FN2O2/c1-19-13(18)17-8-14(4-5-14)11-7-16-12-3-2-9(15)6-10(11)12/h2-3,6-7,16H,4-5,8H2,1H3,(H,17,18). The van der Waals surface area contributed by atoms with E-state index in [0.717, 1.165) is 29.3 Å². The van der Waals surface area contributed by atoms with Gasteiger partial charge >= 0.3 is 6.09 Å². The molecule has 0 unspecified atom stereocenters. The lowest BCUT2D eigenvalue weighted by Gasteiger charge is -2.15. The van der Waals surface area contributed by atoms with Crippen LogP contribution in [-0.4, -0.2) is 24.7 Å². The number of rotatable bonds is 3. The highest BCUT2D eigenvalue weighted by Gasteiger charge is 2.46. The molecule has 1 aliphatic carbocycles. The summed E-state index contributed by atoms with van der Waals surface area (Å²) in [5.74, 6) is -0.245. The molecule has 19 heavy (non-hydrogen) atoms. The third-order valence-electron chi connectivity index (χ3n) is 3.83. The molecule has 0 aliphatic heterocycles. The molecule has 1 fully saturated rings. The molecular weight excluding hydrogens is 247 g/mol. The summed E-state index contributed by atoms with van der Waals surface area (Å²) in [6.45, 7) is 0.517. The van der Waals surface area contributed by atoms with Gasteiger partial charge < -0.3 is 15.0 Å². The molecule has 4 nitrogen and oxygen atoms in total. The largest absolute Gasteiger partial charge is 0.453 e. The lowest BCUT2D eigenvalue weighted by molar-refractivity contribution is 0.170. The van der Waals surface area contributed by atoms with E-state index in [9.17, 15) is 9.18 Å². The molecule has 1 amide bonds. The SMILES string of the molecule is COC(=O)NCC1(c2c[nH]c3ccc(F)cc23)CC1. The fourth-order valence-corrected chi connectivity index (χ4v) is 2.54. The van der Waals surface area contributed by atoms with E-state index in [0.29, 0.717) is 6.54 Å². The molecule has 2 aromatic rings. The second-order valence-electron chi connectivity index (χ2n) is 5.02. The van der Waals surface area contributed by atoms with Crippen LogP contribution < -0.4 is 5.32 Å². The Morgan fingerprint density at radius 3 is 3.00 bits per heavy atom. The Balaban J connectivity index is 1.91. The van der Waals surface area contributed by atoms with Gasteiger partial charge in [0.2, 0.25) is 0 Å². The van der Waals surface area contributed by atoms with Gasteiger partial charge in [0.05, 0.1) is 7.11 Å². The summed E-state index contributed by atoms with van der Waals surface area (Å²) in [7, 11) is 1.34. The first-order chi connectivity index (χ1) is 9.14. The van der Waals surface area contributed by atoms with Crippen LogP contribution >= 0.6 is 0 Å². The average molecular weight is 262 g/mol. The number of methoxy groups -OCH3 is 1. The summed E-state index contributed by atoms with van der Waals surface area (Å²) in [4.78, 5) is 14.3. The van der Waals surface area contributed by atoms with E-state index in [2.05, 4.69) is 15.0 Å². The fraction of sp³-hybridized carbons (Fsp3) is 0.357. The Labute approximate surface area is 109 Å². The van der Waals surface area contributed by atoms with Gasteiger partial charge in [0.25, 0.3) is 0 Å². The zero-order valence-corrected chi connectivity index (χ0v) is 10.6. The van der Waals surface area contributed by atoms with Crippen LogP contribution in [0.4, 0.5) is 9.18 Å². The first kappa shape index (κ1) is 12.0. The first-order valence-corrected chi connectivity index (χ1v) is 6.24. The second-order valence-corrected chi connectivity index (χ2v) is 5.02. The highest BCUT2D eigenvalue weighted by Crippen LogP contribution is 2.50. The van der Waals surface area contributed by atoms with Crippen molar-refractivity contribution in [2.75, 3.05) is 13.7 Å². The van der Waals surface area contributed by atoms with E-state index in [1.165, 1.54) is 13.2 Å². The van der Waals surface area contributed by atoms with Crippen molar-refractivity contribution in [1.82, 2.24) is 10.3 Å². The van der Waals surface area contributed by atoms with Crippen LogP contribution in [0, 0.1) is 5.82 Å². The number of benzene rings is 1.